The average molecular weight is 276 g/mol. The number of rotatable bonds is 1. The minimum atomic E-state index is -0.469. The summed E-state index contributed by atoms with van der Waals surface area (Å²) in [5, 5.41) is 0. The highest BCUT2D eigenvalue weighted by Gasteiger charge is 2.45. The van der Waals surface area contributed by atoms with Crippen molar-refractivity contribution in [2.75, 3.05) is 13.1 Å². The number of hydrogen-bond acceptors (Lipinski definition) is 3. The fraction of sp³-hybridized carbons (Fsp3) is 0.562. The second-order valence-electron chi connectivity index (χ2n) is 6.74. The normalized spacial score (nSPS) is 17.6. The molecule has 1 aliphatic heterocycles. The first-order valence-electron chi connectivity index (χ1n) is 6.96. The number of ether oxygens (including phenoxy) is 1. The van der Waals surface area contributed by atoms with Crippen LogP contribution < -0.4 is 5.73 Å². The number of hydrogen-bond donors (Lipinski definition) is 1. The second-order valence-corrected chi connectivity index (χ2v) is 6.74. The number of amides is 1. The van der Waals surface area contributed by atoms with Gasteiger partial charge in [0.1, 0.15) is 5.60 Å². The van der Waals surface area contributed by atoms with Crippen LogP contribution in [0.25, 0.3) is 0 Å². The molecule has 1 amide bonds. The van der Waals surface area contributed by atoms with Crippen LogP contribution in [0.4, 0.5) is 4.79 Å². The van der Waals surface area contributed by atoms with E-state index in [1.807, 2.05) is 26.8 Å². The molecule has 0 radical (unpaired) electrons. The smallest absolute Gasteiger partial charge is 0.410 e. The molecule has 4 nitrogen and oxygen atoms in total. The number of aryl methyl sites for hydroxylation is 1. The quantitative estimate of drug-likeness (QED) is 0.858. The van der Waals surface area contributed by atoms with E-state index in [2.05, 4.69) is 26.0 Å². The Labute approximate surface area is 120 Å². The molecule has 0 aliphatic carbocycles. The lowest BCUT2D eigenvalue weighted by Crippen LogP contribution is -2.66. The summed E-state index contributed by atoms with van der Waals surface area (Å²) < 4.78 is 5.36. The van der Waals surface area contributed by atoms with Gasteiger partial charge in [-0.3, -0.25) is 0 Å². The molecule has 1 heterocycles. The number of nitrogens with two attached hydrogens (primary N) is 1. The molecule has 4 heteroatoms. The number of carbonyl (C=O) groups excluding carboxylic acids is 1. The maximum absolute atomic E-state index is 12.0. The molecule has 0 aromatic heterocycles. The molecule has 1 saturated heterocycles. The summed E-state index contributed by atoms with van der Waals surface area (Å²) in [4.78, 5) is 13.6. The van der Waals surface area contributed by atoms with Gasteiger partial charge in [0.05, 0.1) is 5.54 Å². The Bertz CT molecular complexity index is 526. The van der Waals surface area contributed by atoms with E-state index in [-0.39, 0.29) is 6.09 Å². The van der Waals surface area contributed by atoms with Crippen molar-refractivity contribution in [1.29, 1.82) is 0 Å². The van der Waals surface area contributed by atoms with Crippen molar-refractivity contribution in [2.24, 2.45) is 5.73 Å². The largest absolute Gasteiger partial charge is 0.444 e. The zero-order valence-electron chi connectivity index (χ0n) is 13.0. The van der Waals surface area contributed by atoms with Gasteiger partial charge in [0, 0.05) is 13.1 Å². The minimum Gasteiger partial charge on any atom is -0.444 e. The zero-order chi connectivity index (χ0) is 15.1. The van der Waals surface area contributed by atoms with Crippen molar-refractivity contribution in [3.05, 3.63) is 34.9 Å². The van der Waals surface area contributed by atoms with Gasteiger partial charge in [-0.05, 0) is 51.3 Å². The van der Waals surface area contributed by atoms with Crippen molar-refractivity contribution in [3.8, 4) is 0 Å². The predicted molar refractivity (Wildman–Crippen MR) is 79.6 cm³/mol. The maximum atomic E-state index is 12.0. The zero-order valence-corrected chi connectivity index (χ0v) is 13.0. The van der Waals surface area contributed by atoms with E-state index in [4.69, 9.17) is 10.5 Å². The van der Waals surface area contributed by atoms with Crippen molar-refractivity contribution >= 4 is 6.09 Å². The third kappa shape index (κ3) is 2.80. The summed E-state index contributed by atoms with van der Waals surface area (Å²) in [6.45, 7) is 10.8. The molecule has 110 valence electrons. The fourth-order valence-electron chi connectivity index (χ4n) is 2.55. The third-order valence-corrected chi connectivity index (χ3v) is 3.74. The van der Waals surface area contributed by atoms with Gasteiger partial charge >= 0.3 is 6.09 Å². The molecule has 2 N–H and O–H groups in total. The Morgan fingerprint density at radius 2 is 1.90 bits per heavy atom. The molecule has 1 aliphatic rings. The van der Waals surface area contributed by atoms with Gasteiger partial charge < -0.3 is 15.4 Å². The summed E-state index contributed by atoms with van der Waals surface area (Å²) in [5.41, 5.74) is 9.07. The lowest BCUT2D eigenvalue weighted by atomic mass is 9.80. The second kappa shape index (κ2) is 4.77. The summed E-state index contributed by atoms with van der Waals surface area (Å²) >= 11 is 0. The SMILES string of the molecule is Cc1cccc(C2(N)CN(C(=O)OC(C)(C)C)C2)c1C. The van der Waals surface area contributed by atoms with Crippen molar-refractivity contribution in [1.82, 2.24) is 4.90 Å². The van der Waals surface area contributed by atoms with E-state index in [9.17, 15) is 4.79 Å². The highest BCUT2D eigenvalue weighted by atomic mass is 16.6. The Morgan fingerprint density at radius 3 is 2.45 bits per heavy atom. The summed E-state index contributed by atoms with van der Waals surface area (Å²) in [6.07, 6.45) is -0.288. The van der Waals surface area contributed by atoms with Crippen LogP contribution in [0.15, 0.2) is 18.2 Å². The third-order valence-electron chi connectivity index (χ3n) is 3.74. The van der Waals surface area contributed by atoms with Gasteiger partial charge in [0.25, 0.3) is 0 Å². The molecule has 1 fully saturated rings. The standard InChI is InChI=1S/C16H24N2O2/c1-11-7-6-8-13(12(11)2)16(17)9-18(10-16)14(19)20-15(3,4)5/h6-8H,9-10,17H2,1-5H3. The Kier molecular flexibility index (Phi) is 3.54. The van der Waals surface area contributed by atoms with Gasteiger partial charge in [0.2, 0.25) is 0 Å². The van der Waals surface area contributed by atoms with Crippen molar-refractivity contribution in [3.63, 3.8) is 0 Å². The molecule has 0 bridgehead atoms. The minimum absolute atomic E-state index is 0.288. The van der Waals surface area contributed by atoms with Gasteiger partial charge in [0.15, 0.2) is 0 Å². The molecule has 20 heavy (non-hydrogen) atoms. The monoisotopic (exact) mass is 276 g/mol. The van der Waals surface area contributed by atoms with Crippen molar-refractivity contribution in [2.45, 2.75) is 45.8 Å². The van der Waals surface area contributed by atoms with Crippen LogP contribution in [0.1, 0.15) is 37.5 Å². The summed E-state index contributed by atoms with van der Waals surface area (Å²) in [6, 6.07) is 6.14. The molecule has 1 aromatic rings. The van der Waals surface area contributed by atoms with E-state index < -0.39 is 11.1 Å². The maximum Gasteiger partial charge on any atom is 0.410 e. The number of nitrogens with zero attached hydrogens (tertiary/aromatic N) is 1. The highest BCUT2D eigenvalue weighted by Crippen LogP contribution is 2.33. The Balaban J connectivity index is 2.08. The van der Waals surface area contributed by atoms with Gasteiger partial charge in [-0.1, -0.05) is 18.2 Å². The highest BCUT2D eigenvalue weighted by molar-refractivity contribution is 5.70. The van der Waals surface area contributed by atoms with E-state index >= 15 is 0 Å². The van der Waals surface area contributed by atoms with E-state index in [0.717, 1.165) is 5.56 Å². The van der Waals surface area contributed by atoms with Crippen LogP contribution in [0, 0.1) is 13.8 Å². The lowest BCUT2D eigenvalue weighted by molar-refractivity contribution is -0.00901. The van der Waals surface area contributed by atoms with Gasteiger partial charge in [-0.25, -0.2) is 4.79 Å². The lowest BCUT2D eigenvalue weighted by Gasteiger charge is -2.48. The number of likely N-dealkylation sites (tertiary alicyclic amines) is 1. The first kappa shape index (κ1) is 14.9. The van der Waals surface area contributed by atoms with Gasteiger partial charge in [-0.15, -0.1) is 0 Å². The van der Waals surface area contributed by atoms with Gasteiger partial charge in [-0.2, -0.15) is 0 Å². The Morgan fingerprint density at radius 1 is 1.30 bits per heavy atom. The molecule has 1 aromatic carbocycles. The molecule has 2 rings (SSSR count). The first-order chi connectivity index (χ1) is 9.12. The van der Waals surface area contributed by atoms with Crippen LogP contribution in [0.5, 0.6) is 0 Å². The Hall–Kier alpha value is -1.55. The molecule has 0 saturated carbocycles. The van der Waals surface area contributed by atoms with Crippen LogP contribution in [0.3, 0.4) is 0 Å². The molecular weight excluding hydrogens is 252 g/mol. The fourth-order valence-corrected chi connectivity index (χ4v) is 2.55. The summed E-state index contributed by atoms with van der Waals surface area (Å²) in [5.74, 6) is 0. The van der Waals surface area contributed by atoms with E-state index in [0.29, 0.717) is 13.1 Å². The number of benzene rings is 1. The van der Waals surface area contributed by atoms with Crippen LogP contribution >= 0.6 is 0 Å². The van der Waals surface area contributed by atoms with Crippen molar-refractivity contribution < 1.29 is 9.53 Å². The molecule has 0 atom stereocenters. The molecular formula is C16H24N2O2. The summed E-state index contributed by atoms with van der Waals surface area (Å²) in [7, 11) is 0. The predicted octanol–water partition coefficient (Wildman–Crippen LogP) is 2.71. The van der Waals surface area contributed by atoms with Crippen LogP contribution in [0.2, 0.25) is 0 Å². The van der Waals surface area contributed by atoms with E-state index in [1.54, 1.807) is 4.90 Å². The van der Waals surface area contributed by atoms with Crippen LogP contribution in [-0.2, 0) is 10.3 Å². The first-order valence-corrected chi connectivity index (χ1v) is 6.96. The topological polar surface area (TPSA) is 55.6 Å². The number of carbonyl (C=O) groups is 1. The van der Waals surface area contributed by atoms with Crippen LogP contribution in [-0.4, -0.2) is 29.7 Å². The molecule has 0 spiro atoms. The molecule has 0 unspecified atom stereocenters. The van der Waals surface area contributed by atoms with E-state index in [1.165, 1.54) is 11.1 Å². The average Bonchev–Trinajstić information content (AvgIpc) is 2.26.